The lowest BCUT2D eigenvalue weighted by Gasteiger charge is -2.29. The van der Waals surface area contributed by atoms with Gasteiger partial charge in [-0.2, -0.15) is 0 Å². The van der Waals surface area contributed by atoms with Crippen LogP contribution in [-0.2, 0) is 5.41 Å². The maximum Gasteiger partial charge on any atom is 0.126 e. The summed E-state index contributed by atoms with van der Waals surface area (Å²) in [7, 11) is 0. The van der Waals surface area contributed by atoms with Crippen LogP contribution in [0.25, 0.3) is 0 Å². The van der Waals surface area contributed by atoms with Crippen LogP contribution in [0.4, 0.5) is 4.39 Å². The Labute approximate surface area is 92.5 Å². The molecule has 0 N–H and O–H groups in total. The molecule has 0 heterocycles. The Morgan fingerprint density at radius 1 is 1.27 bits per heavy atom. The molecule has 1 heteroatoms. The molecule has 0 radical (unpaired) electrons. The summed E-state index contributed by atoms with van der Waals surface area (Å²) in [4.78, 5) is 0. The van der Waals surface area contributed by atoms with Crippen molar-refractivity contribution in [1.82, 2.24) is 0 Å². The van der Waals surface area contributed by atoms with Crippen LogP contribution in [0.2, 0.25) is 0 Å². The lowest BCUT2D eigenvalue weighted by atomic mass is 9.76. The predicted molar refractivity (Wildman–Crippen MR) is 63.7 cm³/mol. The molecule has 1 rings (SSSR count). The van der Waals surface area contributed by atoms with Crippen LogP contribution in [0.5, 0.6) is 0 Å². The van der Waals surface area contributed by atoms with E-state index in [4.69, 9.17) is 0 Å². The Kier molecular flexibility index (Phi) is 3.90. The van der Waals surface area contributed by atoms with Crippen LogP contribution in [0.15, 0.2) is 18.2 Å². The monoisotopic (exact) mass is 208 g/mol. The first-order valence-electron chi connectivity index (χ1n) is 5.80. The van der Waals surface area contributed by atoms with E-state index in [1.165, 1.54) is 12.0 Å². The molecule has 0 aliphatic rings. The smallest absolute Gasteiger partial charge is 0.126 e. The highest BCUT2D eigenvalue weighted by Crippen LogP contribution is 2.33. The van der Waals surface area contributed by atoms with Gasteiger partial charge >= 0.3 is 0 Å². The first-order chi connectivity index (χ1) is 7.03. The minimum absolute atomic E-state index is 0.103. The highest BCUT2D eigenvalue weighted by atomic mass is 19.1. The van der Waals surface area contributed by atoms with Gasteiger partial charge in [0.1, 0.15) is 5.82 Å². The molecule has 1 aromatic rings. The topological polar surface area (TPSA) is 0 Å². The molecule has 0 aliphatic heterocycles. The third-order valence-electron chi connectivity index (χ3n) is 3.44. The molecule has 0 fully saturated rings. The zero-order valence-electron chi connectivity index (χ0n) is 10.2. The summed E-state index contributed by atoms with van der Waals surface area (Å²) >= 11 is 0. The number of benzene rings is 1. The van der Waals surface area contributed by atoms with Gasteiger partial charge < -0.3 is 0 Å². The van der Waals surface area contributed by atoms with Crippen molar-refractivity contribution in [1.29, 1.82) is 0 Å². The van der Waals surface area contributed by atoms with Crippen LogP contribution in [-0.4, -0.2) is 0 Å². The van der Waals surface area contributed by atoms with Crippen LogP contribution in [0.1, 0.15) is 51.2 Å². The fourth-order valence-corrected chi connectivity index (χ4v) is 2.10. The van der Waals surface area contributed by atoms with Crippen molar-refractivity contribution in [2.24, 2.45) is 0 Å². The summed E-state index contributed by atoms with van der Waals surface area (Å²) < 4.78 is 13.2. The molecule has 84 valence electrons. The number of rotatable bonds is 4. The molecular formula is C14H21F. The number of hydrogen-bond donors (Lipinski definition) is 0. The SMILES string of the molecule is CCCC(C)(CC)c1ccc(F)c(C)c1. The number of halogens is 1. The van der Waals surface area contributed by atoms with Gasteiger partial charge in [0.2, 0.25) is 0 Å². The van der Waals surface area contributed by atoms with Gasteiger partial charge in [-0.1, -0.05) is 39.3 Å². The lowest BCUT2D eigenvalue weighted by molar-refractivity contribution is 0.413. The Balaban J connectivity index is 3.07. The van der Waals surface area contributed by atoms with Gasteiger partial charge in [0.05, 0.1) is 0 Å². The summed E-state index contributed by atoms with van der Waals surface area (Å²) in [6, 6.07) is 5.52. The molecule has 1 atom stereocenters. The second kappa shape index (κ2) is 4.78. The normalized spacial score (nSPS) is 15.0. The van der Waals surface area contributed by atoms with Crippen LogP contribution < -0.4 is 0 Å². The summed E-state index contributed by atoms with van der Waals surface area (Å²) in [6.45, 7) is 8.50. The van der Waals surface area contributed by atoms with Crippen molar-refractivity contribution >= 4 is 0 Å². The van der Waals surface area contributed by atoms with Gasteiger partial charge in [-0.25, -0.2) is 4.39 Å². The minimum Gasteiger partial charge on any atom is -0.207 e. The van der Waals surface area contributed by atoms with Crippen molar-refractivity contribution in [2.45, 2.75) is 52.4 Å². The van der Waals surface area contributed by atoms with Gasteiger partial charge in [-0.15, -0.1) is 0 Å². The average Bonchev–Trinajstić information content (AvgIpc) is 2.22. The molecule has 1 aromatic carbocycles. The van der Waals surface area contributed by atoms with E-state index in [2.05, 4.69) is 20.8 Å². The highest BCUT2D eigenvalue weighted by Gasteiger charge is 2.23. The van der Waals surface area contributed by atoms with Gasteiger partial charge in [-0.05, 0) is 42.4 Å². The Hall–Kier alpha value is -0.850. The molecular weight excluding hydrogens is 187 g/mol. The van der Waals surface area contributed by atoms with Crippen molar-refractivity contribution in [2.75, 3.05) is 0 Å². The Morgan fingerprint density at radius 3 is 2.40 bits per heavy atom. The Bertz CT molecular complexity index is 330. The van der Waals surface area contributed by atoms with Crippen LogP contribution in [0, 0.1) is 12.7 Å². The molecule has 0 aromatic heterocycles. The summed E-state index contributed by atoms with van der Waals surface area (Å²) in [6.07, 6.45) is 3.43. The molecule has 0 bridgehead atoms. The first-order valence-corrected chi connectivity index (χ1v) is 5.80. The van der Waals surface area contributed by atoms with Crippen LogP contribution in [0.3, 0.4) is 0 Å². The second-order valence-electron chi connectivity index (χ2n) is 4.63. The van der Waals surface area contributed by atoms with Gasteiger partial charge in [0, 0.05) is 0 Å². The molecule has 0 aliphatic carbocycles. The zero-order valence-corrected chi connectivity index (χ0v) is 10.2. The second-order valence-corrected chi connectivity index (χ2v) is 4.63. The van der Waals surface area contributed by atoms with E-state index in [0.29, 0.717) is 0 Å². The fourth-order valence-electron chi connectivity index (χ4n) is 2.10. The maximum absolute atomic E-state index is 13.2. The molecule has 0 spiro atoms. The largest absolute Gasteiger partial charge is 0.207 e. The third kappa shape index (κ3) is 2.58. The quantitative estimate of drug-likeness (QED) is 0.678. The standard InChI is InChI=1S/C14H21F/c1-5-9-14(4,6-2)12-7-8-13(15)11(3)10-12/h7-8,10H,5-6,9H2,1-4H3. The maximum atomic E-state index is 13.2. The van der Waals surface area contributed by atoms with Crippen molar-refractivity contribution in [3.8, 4) is 0 Å². The molecule has 0 saturated carbocycles. The number of hydrogen-bond acceptors (Lipinski definition) is 0. The molecule has 0 amide bonds. The van der Waals surface area contributed by atoms with Crippen molar-refractivity contribution in [3.63, 3.8) is 0 Å². The molecule has 0 nitrogen and oxygen atoms in total. The summed E-state index contributed by atoms with van der Waals surface area (Å²) in [5.41, 5.74) is 2.22. The van der Waals surface area contributed by atoms with Gasteiger partial charge in [-0.3, -0.25) is 0 Å². The van der Waals surface area contributed by atoms with Crippen molar-refractivity contribution < 1.29 is 4.39 Å². The van der Waals surface area contributed by atoms with E-state index in [-0.39, 0.29) is 11.2 Å². The van der Waals surface area contributed by atoms with E-state index in [9.17, 15) is 4.39 Å². The predicted octanol–water partition coefficient (Wildman–Crippen LogP) is 4.60. The fraction of sp³-hybridized carbons (Fsp3) is 0.571. The Morgan fingerprint density at radius 2 is 1.93 bits per heavy atom. The van der Waals surface area contributed by atoms with E-state index >= 15 is 0 Å². The zero-order chi connectivity index (χ0) is 11.5. The van der Waals surface area contributed by atoms with Gasteiger partial charge in [0.25, 0.3) is 0 Å². The third-order valence-corrected chi connectivity index (χ3v) is 3.44. The molecule has 0 saturated heterocycles. The summed E-state index contributed by atoms with van der Waals surface area (Å²) in [5, 5.41) is 0. The highest BCUT2D eigenvalue weighted by molar-refractivity contribution is 5.30. The average molecular weight is 208 g/mol. The van der Waals surface area contributed by atoms with E-state index in [1.807, 2.05) is 19.1 Å². The molecule has 15 heavy (non-hydrogen) atoms. The first kappa shape index (κ1) is 12.2. The van der Waals surface area contributed by atoms with E-state index < -0.39 is 0 Å². The number of aryl methyl sites for hydroxylation is 1. The van der Waals surface area contributed by atoms with E-state index in [1.54, 1.807) is 6.07 Å². The molecule has 1 unspecified atom stereocenters. The van der Waals surface area contributed by atoms with Gasteiger partial charge in [0.15, 0.2) is 0 Å². The van der Waals surface area contributed by atoms with Crippen molar-refractivity contribution in [3.05, 3.63) is 35.1 Å². The summed E-state index contributed by atoms with van der Waals surface area (Å²) in [5.74, 6) is -0.103. The van der Waals surface area contributed by atoms with E-state index in [0.717, 1.165) is 18.4 Å². The van der Waals surface area contributed by atoms with Crippen LogP contribution >= 0.6 is 0 Å². The minimum atomic E-state index is -0.103. The lowest BCUT2D eigenvalue weighted by Crippen LogP contribution is -2.20.